The van der Waals surface area contributed by atoms with E-state index in [2.05, 4.69) is 31.6 Å². The molecule has 37 heavy (non-hydrogen) atoms. The first-order chi connectivity index (χ1) is 17.6. The number of nitrogens with two attached hydrogens (primary N) is 1. The van der Waals surface area contributed by atoms with Crippen LogP contribution in [0, 0.1) is 30.4 Å². The largest absolute Gasteiger partial charge is 0.480 e. The van der Waals surface area contributed by atoms with Gasteiger partial charge in [-0.15, -0.1) is 0 Å². The van der Waals surface area contributed by atoms with Gasteiger partial charge in [0.1, 0.15) is 11.6 Å². The van der Waals surface area contributed by atoms with Gasteiger partial charge < -0.3 is 15.6 Å². The third kappa shape index (κ3) is 4.99. The van der Waals surface area contributed by atoms with Crippen LogP contribution in [0.2, 0.25) is 5.02 Å². The molecule has 3 aromatic heterocycles. The van der Waals surface area contributed by atoms with E-state index in [1.54, 1.807) is 6.92 Å². The Labute approximate surface area is 215 Å². The van der Waals surface area contributed by atoms with Crippen molar-refractivity contribution in [2.24, 2.45) is 0 Å². The highest BCUT2D eigenvalue weighted by Crippen LogP contribution is 2.29. The number of hydrogen-bond acceptors (Lipinski definition) is 8. The molecule has 4 aromatic rings. The number of sulfonamides is 1. The predicted molar refractivity (Wildman–Crippen MR) is 133 cm³/mol. The number of benzene rings is 1. The number of anilines is 2. The molecule has 3 heterocycles. The molecular weight excluding hydrogens is 530 g/mol. The number of nitrogens with zero attached hydrogens (tertiary/aromatic N) is 4. The van der Waals surface area contributed by atoms with Crippen molar-refractivity contribution in [2.45, 2.75) is 18.4 Å². The minimum Gasteiger partial charge on any atom is -0.480 e. The first-order valence-electron chi connectivity index (χ1n) is 10.5. The number of aliphatic hydroxyl groups excluding tert-OH is 1. The first-order valence-corrected chi connectivity index (χ1v) is 12.4. The fourth-order valence-electron chi connectivity index (χ4n) is 3.60. The van der Waals surface area contributed by atoms with Crippen molar-refractivity contribution in [1.29, 1.82) is 0 Å². The van der Waals surface area contributed by atoms with Crippen LogP contribution in [0.5, 0.6) is 5.88 Å². The number of rotatable bonds is 6. The van der Waals surface area contributed by atoms with Crippen molar-refractivity contribution in [3.05, 3.63) is 64.1 Å². The molecule has 0 radical (unpaired) electrons. The number of aryl methyl sites for hydroxylation is 1. The summed E-state index contributed by atoms with van der Waals surface area (Å²) < 4.78 is 64.2. The number of nitrogens with one attached hydrogen (secondary N) is 1. The Morgan fingerprint density at radius 3 is 2.70 bits per heavy atom. The van der Waals surface area contributed by atoms with Gasteiger partial charge in [0, 0.05) is 12.4 Å². The lowest BCUT2D eigenvalue weighted by molar-refractivity contribution is 0.271. The zero-order chi connectivity index (χ0) is 26.9. The van der Waals surface area contributed by atoms with Gasteiger partial charge in [0.25, 0.3) is 10.0 Å². The second-order valence-electron chi connectivity index (χ2n) is 7.61. The Morgan fingerprint density at radius 1 is 1.24 bits per heavy atom. The topological polar surface area (TPSA) is 145 Å². The number of halogens is 3. The zero-order valence-corrected chi connectivity index (χ0v) is 21.0. The van der Waals surface area contributed by atoms with Crippen molar-refractivity contribution in [3.63, 3.8) is 0 Å². The number of pyridine rings is 2. The normalized spacial score (nSPS) is 11.3. The number of hydrogen-bond donors (Lipinski definition) is 3. The molecule has 1 aromatic carbocycles. The van der Waals surface area contributed by atoms with Gasteiger partial charge in [-0.05, 0) is 25.1 Å². The SMILES string of the molecule is COc1ncc(Cl)cc1S(=O)(=O)Nc1ccc(F)c(C#Cc2cnc(N)c3c(C)nn(CCO)c23)c1F. The highest BCUT2D eigenvalue weighted by atomic mass is 35.5. The van der Waals surface area contributed by atoms with Crippen LogP contribution in [-0.2, 0) is 16.6 Å². The number of ether oxygens (including phenoxy) is 1. The molecule has 0 bridgehead atoms. The minimum absolute atomic E-state index is 0.00593. The molecule has 0 atom stereocenters. The Kier molecular flexibility index (Phi) is 7.17. The van der Waals surface area contributed by atoms with Gasteiger partial charge in [-0.3, -0.25) is 9.40 Å². The lowest BCUT2D eigenvalue weighted by Crippen LogP contribution is -2.16. The molecular formula is C23H19ClF2N6O4S. The minimum atomic E-state index is -4.43. The summed E-state index contributed by atoms with van der Waals surface area (Å²) in [5.41, 5.74) is 5.94. The summed E-state index contributed by atoms with van der Waals surface area (Å²) in [6.45, 7) is 1.61. The second-order valence-corrected chi connectivity index (χ2v) is 9.70. The summed E-state index contributed by atoms with van der Waals surface area (Å²) in [5.74, 6) is 2.71. The molecule has 0 saturated heterocycles. The van der Waals surface area contributed by atoms with E-state index in [4.69, 9.17) is 22.1 Å². The third-order valence-electron chi connectivity index (χ3n) is 5.21. The zero-order valence-electron chi connectivity index (χ0n) is 19.4. The lowest BCUT2D eigenvalue weighted by atomic mass is 10.1. The van der Waals surface area contributed by atoms with Gasteiger partial charge in [0.2, 0.25) is 5.88 Å². The van der Waals surface area contributed by atoms with Crippen molar-refractivity contribution in [3.8, 4) is 17.7 Å². The average Bonchev–Trinajstić information content (AvgIpc) is 3.19. The van der Waals surface area contributed by atoms with Gasteiger partial charge >= 0.3 is 0 Å². The molecule has 0 aliphatic heterocycles. The summed E-state index contributed by atoms with van der Waals surface area (Å²) in [7, 11) is -3.23. The first kappa shape index (κ1) is 26.1. The fourth-order valence-corrected chi connectivity index (χ4v) is 5.03. The summed E-state index contributed by atoms with van der Waals surface area (Å²) in [5, 5.41) is 14.2. The van der Waals surface area contributed by atoms with Crippen LogP contribution in [0.1, 0.15) is 16.8 Å². The average molecular weight is 549 g/mol. The molecule has 10 nitrogen and oxygen atoms in total. The molecule has 0 spiro atoms. The van der Waals surface area contributed by atoms with Crippen LogP contribution in [0.25, 0.3) is 10.9 Å². The van der Waals surface area contributed by atoms with Crippen molar-refractivity contribution in [1.82, 2.24) is 19.7 Å². The van der Waals surface area contributed by atoms with Gasteiger partial charge in [0.05, 0.1) is 58.7 Å². The summed E-state index contributed by atoms with van der Waals surface area (Å²) in [6, 6.07) is 2.87. The van der Waals surface area contributed by atoms with Gasteiger partial charge in [-0.25, -0.2) is 27.2 Å². The van der Waals surface area contributed by atoms with E-state index >= 15 is 4.39 Å². The molecule has 0 fully saturated rings. The van der Waals surface area contributed by atoms with E-state index in [0.717, 1.165) is 18.2 Å². The van der Waals surface area contributed by atoms with E-state index in [-0.39, 0.29) is 35.4 Å². The number of nitrogen functional groups attached to an aromatic ring is 1. The summed E-state index contributed by atoms with van der Waals surface area (Å²) in [6.07, 6.45) is 2.50. The Morgan fingerprint density at radius 2 is 2.00 bits per heavy atom. The fraction of sp³-hybridized carbons (Fsp3) is 0.174. The van der Waals surface area contributed by atoms with Crippen molar-refractivity contribution >= 4 is 44.0 Å². The highest BCUT2D eigenvalue weighted by molar-refractivity contribution is 7.92. The van der Waals surface area contributed by atoms with E-state index in [0.29, 0.717) is 16.6 Å². The lowest BCUT2D eigenvalue weighted by Gasteiger charge is -2.12. The molecule has 0 unspecified atom stereocenters. The molecule has 0 aliphatic rings. The van der Waals surface area contributed by atoms with Crippen LogP contribution >= 0.6 is 11.6 Å². The van der Waals surface area contributed by atoms with Gasteiger partial charge in [0.15, 0.2) is 10.7 Å². The van der Waals surface area contributed by atoms with Crippen LogP contribution < -0.4 is 15.2 Å². The standard InChI is InChI=1S/C23H19ClF2N6O4S/c1-12-19-21(32(30-12)7-8-33)13(10-28-22(19)27)3-4-15-16(25)5-6-17(20(15)26)31-37(34,35)18-9-14(24)11-29-23(18)36-2/h5-6,9-11,31,33H,7-8H2,1-2H3,(H2,27,28). The van der Waals surface area contributed by atoms with Crippen LogP contribution in [0.4, 0.5) is 20.3 Å². The quantitative estimate of drug-likeness (QED) is 0.312. The maximum Gasteiger partial charge on any atom is 0.267 e. The van der Waals surface area contributed by atoms with E-state index in [9.17, 15) is 17.9 Å². The van der Waals surface area contributed by atoms with Crippen LogP contribution in [0.3, 0.4) is 0 Å². The van der Waals surface area contributed by atoms with E-state index in [1.807, 2.05) is 0 Å². The summed E-state index contributed by atoms with van der Waals surface area (Å²) >= 11 is 5.86. The molecule has 0 amide bonds. The Balaban J connectivity index is 1.79. The van der Waals surface area contributed by atoms with Crippen LogP contribution in [-0.4, -0.2) is 47.0 Å². The van der Waals surface area contributed by atoms with E-state index in [1.165, 1.54) is 24.2 Å². The second kappa shape index (κ2) is 10.2. The maximum absolute atomic E-state index is 15.3. The molecule has 0 saturated carbocycles. The molecule has 192 valence electrons. The molecule has 4 N–H and O–H groups in total. The monoisotopic (exact) mass is 548 g/mol. The van der Waals surface area contributed by atoms with Crippen molar-refractivity contribution in [2.75, 3.05) is 24.2 Å². The van der Waals surface area contributed by atoms with Crippen LogP contribution in [0.15, 0.2) is 35.5 Å². The van der Waals surface area contributed by atoms with E-state index < -0.39 is 37.8 Å². The summed E-state index contributed by atoms with van der Waals surface area (Å²) in [4.78, 5) is 7.42. The van der Waals surface area contributed by atoms with Gasteiger partial charge in [-0.1, -0.05) is 23.4 Å². The third-order valence-corrected chi connectivity index (χ3v) is 6.78. The Bertz CT molecular complexity index is 1700. The number of fused-ring (bicyclic) bond motifs is 1. The smallest absolute Gasteiger partial charge is 0.267 e. The van der Waals surface area contributed by atoms with Crippen molar-refractivity contribution < 1.29 is 27.0 Å². The highest BCUT2D eigenvalue weighted by Gasteiger charge is 2.24. The Hall–Kier alpha value is -3.99. The number of aromatic nitrogens is 4. The maximum atomic E-state index is 15.3. The predicted octanol–water partition coefficient (Wildman–Crippen LogP) is 2.85. The molecule has 4 rings (SSSR count). The molecule has 14 heteroatoms. The molecule has 0 aliphatic carbocycles. The number of methoxy groups -OCH3 is 1. The van der Waals surface area contributed by atoms with Gasteiger partial charge in [-0.2, -0.15) is 5.10 Å². The number of aliphatic hydroxyl groups is 1.